The second-order valence-electron chi connectivity index (χ2n) is 23.8. The zero-order valence-corrected chi connectivity index (χ0v) is 51.4. The van der Waals surface area contributed by atoms with E-state index in [2.05, 4.69) is 20.8 Å². The summed E-state index contributed by atoms with van der Waals surface area (Å²) in [6.07, 6.45) is 75.5. The second-order valence-corrected chi connectivity index (χ2v) is 23.8. The van der Waals surface area contributed by atoms with Gasteiger partial charge in [0.1, 0.15) is 13.2 Å². The zero-order valence-electron chi connectivity index (χ0n) is 51.4. The average Bonchev–Trinajstić information content (AvgIpc) is 3.41. The van der Waals surface area contributed by atoms with Gasteiger partial charge in [0.25, 0.3) is 0 Å². The van der Waals surface area contributed by atoms with Crippen molar-refractivity contribution in [2.75, 3.05) is 13.2 Å². The van der Waals surface area contributed by atoms with Gasteiger partial charge < -0.3 is 14.2 Å². The van der Waals surface area contributed by atoms with E-state index in [0.717, 1.165) is 57.8 Å². The van der Waals surface area contributed by atoms with Crippen molar-refractivity contribution in [3.8, 4) is 0 Å². The van der Waals surface area contributed by atoms with E-state index < -0.39 is 6.10 Å². The van der Waals surface area contributed by atoms with Gasteiger partial charge in [0.15, 0.2) is 6.10 Å². The molecular formula is C69H134O6. The predicted molar refractivity (Wildman–Crippen MR) is 326 cm³/mol. The van der Waals surface area contributed by atoms with Gasteiger partial charge in [0, 0.05) is 19.3 Å². The molecule has 446 valence electrons. The van der Waals surface area contributed by atoms with E-state index in [1.165, 1.54) is 308 Å². The van der Waals surface area contributed by atoms with Crippen molar-refractivity contribution in [2.24, 2.45) is 0 Å². The fourth-order valence-corrected chi connectivity index (χ4v) is 10.9. The Balaban J connectivity index is 4.26. The third kappa shape index (κ3) is 63.1. The summed E-state index contributed by atoms with van der Waals surface area (Å²) in [6, 6.07) is 0. The van der Waals surface area contributed by atoms with E-state index in [1.807, 2.05) is 0 Å². The topological polar surface area (TPSA) is 78.9 Å². The molecule has 6 heteroatoms. The van der Waals surface area contributed by atoms with Crippen LogP contribution in [-0.2, 0) is 28.6 Å². The number of ether oxygens (including phenoxy) is 3. The van der Waals surface area contributed by atoms with Crippen molar-refractivity contribution >= 4 is 17.9 Å². The Labute approximate surface area is 469 Å². The summed E-state index contributed by atoms with van der Waals surface area (Å²) in [5.74, 6) is -0.819. The van der Waals surface area contributed by atoms with Crippen LogP contribution in [0.5, 0.6) is 0 Å². The Morgan fingerprint density at radius 2 is 0.360 bits per heavy atom. The molecule has 0 saturated heterocycles. The predicted octanol–water partition coefficient (Wildman–Crippen LogP) is 23.5. The summed E-state index contributed by atoms with van der Waals surface area (Å²) in [7, 11) is 0. The Morgan fingerprint density at radius 1 is 0.213 bits per heavy atom. The number of rotatable bonds is 65. The number of hydrogen-bond acceptors (Lipinski definition) is 6. The first-order valence-electron chi connectivity index (χ1n) is 34.5. The van der Waals surface area contributed by atoms with Gasteiger partial charge in [-0.1, -0.05) is 367 Å². The van der Waals surface area contributed by atoms with Crippen molar-refractivity contribution < 1.29 is 28.6 Å². The molecule has 1 unspecified atom stereocenters. The molecule has 0 aliphatic carbocycles. The highest BCUT2D eigenvalue weighted by molar-refractivity contribution is 5.71. The lowest BCUT2D eigenvalue weighted by Gasteiger charge is -2.18. The maximum absolute atomic E-state index is 12.9. The number of esters is 3. The van der Waals surface area contributed by atoms with Gasteiger partial charge in [-0.05, 0) is 19.3 Å². The SMILES string of the molecule is CCCCCCCCCCCCCCCCCCCCCCCC(=O)OCC(COC(=O)CCCCCCCCCCCCCCCCCCCCC)OC(=O)CCCCCCCCCCCCCCCCCCC. The van der Waals surface area contributed by atoms with Crippen LogP contribution in [0, 0.1) is 0 Å². The highest BCUT2D eigenvalue weighted by atomic mass is 16.6. The smallest absolute Gasteiger partial charge is 0.306 e. The van der Waals surface area contributed by atoms with Crippen LogP contribution < -0.4 is 0 Å². The molecule has 0 aromatic heterocycles. The lowest BCUT2D eigenvalue weighted by Crippen LogP contribution is -2.30. The summed E-state index contributed by atoms with van der Waals surface area (Å²) in [5.41, 5.74) is 0. The molecule has 75 heavy (non-hydrogen) atoms. The highest BCUT2D eigenvalue weighted by Crippen LogP contribution is 2.19. The van der Waals surface area contributed by atoms with E-state index in [-0.39, 0.29) is 31.1 Å². The van der Waals surface area contributed by atoms with E-state index in [9.17, 15) is 14.4 Å². The van der Waals surface area contributed by atoms with Crippen molar-refractivity contribution in [1.82, 2.24) is 0 Å². The van der Waals surface area contributed by atoms with Gasteiger partial charge >= 0.3 is 17.9 Å². The maximum atomic E-state index is 12.9. The van der Waals surface area contributed by atoms with Crippen molar-refractivity contribution in [3.63, 3.8) is 0 Å². The van der Waals surface area contributed by atoms with Crippen LogP contribution in [0.4, 0.5) is 0 Å². The van der Waals surface area contributed by atoms with Gasteiger partial charge in [-0.2, -0.15) is 0 Å². The molecule has 0 radical (unpaired) electrons. The first kappa shape index (κ1) is 73.4. The number of carbonyl (C=O) groups excluding carboxylic acids is 3. The minimum absolute atomic E-state index is 0.0601. The third-order valence-electron chi connectivity index (χ3n) is 16.1. The lowest BCUT2D eigenvalue weighted by molar-refractivity contribution is -0.167. The molecule has 0 aromatic carbocycles. The van der Waals surface area contributed by atoms with E-state index in [0.29, 0.717) is 19.3 Å². The molecule has 0 bridgehead atoms. The normalized spacial score (nSPS) is 11.9. The van der Waals surface area contributed by atoms with Crippen LogP contribution in [0.15, 0.2) is 0 Å². The van der Waals surface area contributed by atoms with E-state index in [4.69, 9.17) is 14.2 Å². The first-order valence-corrected chi connectivity index (χ1v) is 34.5. The Kier molecular flexibility index (Phi) is 63.6. The summed E-state index contributed by atoms with van der Waals surface area (Å²) in [4.78, 5) is 38.4. The standard InChI is InChI=1S/C69H134O6/c1-4-7-10-13-16-19-22-25-28-31-33-34-36-39-41-44-47-50-53-56-59-62-68(71)74-65-66(75-69(72)63-60-57-54-51-48-45-42-37-30-27-24-21-18-15-12-9-6-3)64-73-67(70)61-58-55-52-49-46-43-40-38-35-32-29-26-23-20-17-14-11-8-5-2/h66H,4-65H2,1-3H3. The third-order valence-corrected chi connectivity index (χ3v) is 16.1. The highest BCUT2D eigenvalue weighted by Gasteiger charge is 2.19. The van der Waals surface area contributed by atoms with E-state index in [1.54, 1.807) is 0 Å². The average molecular weight is 1060 g/mol. The molecule has 0 spiro atoms. The molecule has 0 aliphatic heterocycles. The lowest BCUT2D eigenvalue weighted by atomic mass is 10.0. The largest absolute Gasteiger partial charge is 0.462 e. The maximum Gasteiger partial charge on any atom is 0.306 e. The molecule has 0 saturated carbocycles. The quantitative estimate of drug-likeness (QED) is 0.0343. The van der Waals surface area contributed by atoms with Gasteiger partial charge in [0.05, 0.1) is 0 Å². The summed E-state index contributed by atoms with van der Waals surface area (Å²) in [6.45, 7) is 6.75. The van der Waals surface area contributed by atoms with Crippen LogP contribution in [0.3, 0.4) is 0 Å². The molecule has 0 rings (SSSR count). The molecule has 0 heterocycles. The second kappa shape index (κ2) is 64.9. The van der Waals surface area contributed by atoms with Crippen molar-refractivity contribution in [1.29, 1.82) is 0 Å². The minimum atomic E-state index is -0.763. The van der Waals surface area contributed by atoms with Gasteiger partial charge in [-0.25, -0.2) is 0 Å². The number of hydrogen-bond donors (Lipinski definition) is 0. The number of unbranched alkanes of at least 4 members (excludes halogenated alkanes) is 54. The zero-order chi connectivity index (χ0) is 54.3. The molecule has 0 amide bonds. The molecule has 0 fully saturated rings. The summed E-state index contributed by atoms with van der Waals surface area (Å²) in [5, 5.41) is 0. The summed E-state index contributed by atoms with van der Waals surface area (Å²) < 4.78 is 17.0. The molecular weight excluding hydrogens is 925 g/mol. The van der Waals surface area contributed by atoms with Crippen LogP contribution in [0.25, 0.3) is 0 Å². The molecule has 0 N–H and O–H groups in total. The monoisotopic (exact) mass is 1060 g/mol. The minimum Gasteiger partial charge on any atom is -0.462 e. The molecule has 0 aromatic rings. The molecule has 1 atom stereocenters. The van der Waals surface area contributed by atoms with Crippen LogP contribution >= 0.6 is 0 Å². The first-order chi connectivity index (χ1) is 37.0. The van der Waals surface area contributed by atoms with Gasteiger partial charge in [-0.15, -0.1) is 0 Å². The molecule has 0 aliphatic rings. The fourth-order valence-electron chi connectivity index (χ4n) is 10.9. The number of carbonyl (C=O) groups is 3. The van der Waals surface area contributed by atoms with Crippen LogP contribution in [-0.4, -0.2) is 37.2 Å². The van der Waals surface area contributed by atoms with Crippen LogP contribution in [0.1, 0.15) is 406 Å². The Bertz CT molecular complexity index is 1120. The van der Waals surface area contributed by atoms with Gasteiger partial charge in [0.2, 0.25) is 0 Å². The van der Waals surface area contributed by atoms with Gasteiger partial charge in [-0.3, -0.25) is 14.4 Å². The van der Waals surface area contributed by atoms with E-state index >= 15 is 0 Å². The Hall–Kier alpha value is -1.59. The molecule has 6 nitrogen and oxygen atoms in total. The Morgan fingerprint density at radius 3 is 0.533 bits per heavy atom. The van der Waals surface area contributed by atoms with Crippen molar-refractivity contribution in [2.45, 2.75) is 412 Å². The van der Waals surface area contributed by atoms with Crippen molar-refractivity contribution in [3.05, 3.63) is 0 Å². The van der Waals surface area contributed by atoms with Crippen LogP contribution in [0.2, 0.25) is 0 Å². The fraction of sp³-hybridized carbons (Fsp3) is 0.957. The summed E-state index contributed by atoms with van der Waals surface area (Å²) >= 11 is 0.